The number of halogens is 2. The summed E-state index contributed by atoms with van der Waals surface area (Å²) in [7, 11) is 0. The number of benzene rings is 1. The molecule has 0 spiro atoms. The summed E-state index contributed by atoms with van der Waals surface area (Å²) in [5.74, 6) is -1.54. The largest absolute Gasteiger partial charge is 0.298 e. The van der Waals surface area contributed by atoms with Crippen LogP contribution in [0.15, 0.2) is 12.1 Å². The van der Waals surface area contributed by atoms with Gasteiger partial charge in [0.05, 0.1) is 21.0 Å². The average Bonchev–Trinajstić information content (AvgIpc) is 2.22. The molecule has 0 aromatic heterocycles. The van der Waals surface area contributed by atoms with Gasteiger partial charge in [-0.05, 0) is 6.92 Å². The summed E-state index contributed by atoms with van der Waals surface area (Å²) < 4.78 is 0. The van der Waals surface area contributed by atoms with E-state index in [4.69, 9.17) is 28.5 Å². The van der Waals surface area contributed by atoms with Crippen molar-refractivity contribution in [3.63, 3.8) is 0 Å². The number of non-ortho nitro benzene ring substituents is 1. The van der Waals surface area contributed by atoms with Gasteiger partial charge in [-0.2, -0.15) is 5.26 Å². The zero-order chi connectivity index (χ0) is 13.2. The van der Waals surface area contributed by atoms with Crippen LogP contribution < -0.4 is 0 Å². The van der Waals surface area contributed by atoms with Crippen LogP contribution in [0.25, 0.3) is 0 Å². The Morgan fingerprint density at radius 1 is 1.47 bits per heavy atom. The van der Waals surface area contributed by atoms with E-state index in [0.717, 1.165) is 12.1 Å². The molecule has 0 aliphatic rings. The van der Waals surface area contributed by atoms with E-state index in [1.165, 1.54) is 6.92 Å². The van der Waals surface area contributed by atoms with Crippen LogP contribution in [0.4, 0.5) is 5.69 Å². The third kappa shape index (κ3) is 2.73. The van der Waals surface area contributed by atoms with Crippen molar-refractivity contribution < 1.29 is 9.72 Å². The smallest absolute Gasteiger partial charge is 0.272 e. The first-order valence-corrected chi connectivity index (χ1v) is 5.17. The van der Waals surface area contributed by atoms with E-state index in [0.29, 0.717) is 0 Å². The molecular weight excluding hydrogens is 267 g/mol. The molecule has 0 saturated carbocycles. The van der Waals surface area contributed by atoms with Crippen LogP contribution in [0.5, 0.6) is 0 Å². The SMILES string of the molecule is CC(=O)C(C#N)c1c(Cl)cc([N+](=O)[O-])cc1Cl. The van der Waals surface area contributed by atoms with Crippen molar-refractivity contribution in [2.45, 2.75) is 12.8 Å². The number of nitriles is 1. The van der Waals surface area contributed by atoms with Gasteiger partial charge >= 0.3 is 0 Å². The van der Waals surface area contributed by atoms with Crippen LogP contribution in [-0.2, 0) is 4.79 Å². The number of nitro benzene ring substituents is 1. The highest BCUT2D eigenvalue weighted by Gasteiger charge is 2.24. The van der Waals surface area contributed by atoms with Crippen molar-refractivity contribution in [1.82, 2.24) is 0 Å². The minimum Gasteiger partial charge on any atom is -0.298 e. The fourth-order valence-electron chi connectivity index (χ4n) is 1.31. The highest BCUT2D eigenvalue weighted by atomic mass is 35.5. The van der Waals surface area contributed by atoms with Crippen LogP contribution in [0.3, 0.4) is 0 Å². The summed E-state index contributed by atoms with van der Waals surface area (Å²) in [5.41, 5.74) is -0.182. The van der Waals surface area contributed by atoms with Gasteiger partial charge in [0.15, 0.2) is 5.78 Å². The Balaban J connectivity index is 3.42. The summed E-state index contributed by atoms with van der Waals surface area (Å²) in [6.07, 6.45) is 0. The molecule has 88 valence electrons. The second kappa shape index (κ2) is 5.13. The number of hydrogen-bond acceptors (Lipinski definition) is 4. The first-order chi connectivity index (χ1) is 7.88. The van der Waals surface area contributed by atoms with E-state index in [1.54, 1.807) is 6.07 Å². The lowest BCUT2D eigenvalue weighted by molar-refractivity contribution is -0.384. The van der Waals surface area contributed by atoms with Crippen LogP contribution >= 0.6 is 23.2 Å². The lowest BCUT2D eigenvalue weighted by atomic mass is 9.96. The highest BCUT2D eigenvalue weighted by Crippen LogP contribution is 2.35. The maximum Gasteiger partial charge on any atom is 0.272 e. The highest BCUT2D eigenvalue weighted by molar-refractivity contribution is 6.37. The summed E-state index contributed by atoms with van der Waals surface area (Å²) in [6, 6.07) is 3.89. The molecule has 0 fully saturated rings. The summed E-state index contributed by atoms with van der Waals surface area (Å²) >= 11 is 11.6. The van der Waals surface area contributed by atoms with Gasteiger partial charge in [0.2, 0.25) is 0 Å². The average molecular weight is 273 g/mol. The minimum absolute atomic E-state index is 0.0639. The quantitative estimate of drug-likeness (QED) is 0.625. The minimum atomic E-state index is -1.11. The van der Waals surface area contributed by atoms with Crippen molar-refractivity contribution in [1.29, 1.82) is 5.26 Å². The van der Waals surface area contributed by atoms with E-state index in [1.807, 2.05) is 0 Å². The van der Waals surface area contributed by atoms with E-state index < -0.39 is 16.6 Å². The van der Waals surface area contributed by atoms with E-state index in [9.17, 15) is 14.9 Å². The number of carbonyl (C=O) groups is 1. The number of nitrogens with zero attached hydrogens (tertiary/aromatic N) is 2. The molecular formula is C10H6Cl2N2O3. The van der Waals surface area contributed by atoms with E-state index >= 15 is 0 Å². The van der Waals surface area contributed by atoms with Crippen molar-refractivity contribution in [3.8, 4) is 6.07 Å². The Kier molecular flexibility index (Phi) is 4.05. The Morgan fingerprint density at radius 3 is 2.24 bits per heavy atom. The van der Waals surface area contributed by atoms with Crippen LogP contribution in [0, 0.1) is 21.4 Å². The Morgan fingerprint density at radius 2 is 1.94 bits per heavy atom. The molecule has 0 aliphatic heterocycles. The molecule has 1 aromatic carbocycles. The van der Waals surface area contributed by atoms with Gasteiger partial charge in [-0.3, -0.25) is 14.9 Å². The number of Topliss-reactive ketones (excluding diaryl/α,β-unsaturated/α-hetero) is 1. The maximum atomic E-state index is 11.2. The van der Waals surface area contributed by atoms with Gasteiger partial charge in [0, 0.05) is 17.7 Å². The number of rotatable bonds is 3. The summed E-state index contributed by atoms with van der Waals surface area (Å²) in [6.45, 7) is 1.22. The molecule has 0 N–H and O–H groups in total. The Labute approximate surface area is 107 Å². The third-order valence-electron chi connectivity index (χ3n) is 2.10. The molecule has 17 heavy (non-hydrogen) atoms. The fourth-order valence-corrected chi connectivity index (χ4v) is 2.00. The van der Waals surface area contributed by atoms with E-state index in [-0.39, 0.29) is 21.3 Å². The van der Waals surface area contributed by atoms with Crippen molar-refractivity contribution in [2.24, 2.45) is 0 Å². The Bertz CT molecular complexity index is 514. The molecule has 1 unspecified atom stereocenters. The standard InChI is InChI=1S/C10H6Cl2N2O3/c1-5(15)7(4-13)10-8(11)2-6(14(16)17)3-9(10)12/h2-3,7H,1H3. The predicted molar refractivity (Wildman–Crippen MR) is 62.2 cm³/mol. The second-order valence-electron chi connectivity index (χ2n) is 3.25. The van der Waals surface area contributed by atoms with Crippen molar-refractivity contribution in [3.05, 3.63) is 37.9 Å². The van der Waals surface area contributed by atoms with Crippen LogP contribution in [0.2, 0.25) is 10.0 Å². The van der Waals surface area contributed by atoms with E-state index in [2.05, 4.69) is 0 Å². The predicted octanol–water partition coefficient (Wildman–Crippen LogP) is 3.10. The molecule has 1 rings (SSSR count). The number of nitro groups is 1. The first kappa shape index (κ1) is 13.4. The topological polar surface area (TPSA) is 84.0 Å². The second-order valence-corrected chi connectivity index (χ2v) is 4.07. The van der Waals surface area contributed by atoms with Gasteiger partial charge in [0.25, 0.3) is 5.69 Å². The normalized spacial score (nSPS) is 11.6. The van der Waals surface area contributed by atoms with Crippen LogP contribution in [-0.4, -0.2) is 10.7 Å². The molecule has 0 saturated heterocycles. The molecule has 1 atom stereocenters. The van der Waals surface area contributed by atoms with Gasteiger partial charge in [-0.25, -0.2) is 0 Å². The molecule has 0 radical (unpaired) electrons. The number of carbonyl (C=O) groups excluding carboxylic acids is 1. The molecule has 0 heterocycles. The molecule has 0 bridgehead atoms. The third-order valence-corrected chi connectivity index (χ3v) is 2.72. The maximum absolute atomic E-state index is 11.2. The van der Waals surface area contributed by atoms with Gasteiger partial charge in [0.1, 0.15) is 5.92 Å². The molecule has 5 nitrogen and oxygen atoms in total. The molecule has 0 aliphatic carbocycles. The lowest BCUT2D eigenvalue weighted by Crippen LogP contribution is -2.08. The fraction of sp³-hybridized carbons (Fsp3) is 0.200. The molecule has 7 heteroatoms. The first-order valence-electron chi connectivity index (χ1n) is 4.42. The molecule has 1 aromatic rings. The Hall–Kier alpha value is -1.64. The zero-order valence-electron chi connectivity index (χ0n) is 8.61. The summed E-state index contributed by atoms with van der Waals surface area (Å²) in [5, 5.41) is 19.3. The van der Waals surface area contributed by atoms with Gasteiger partial charge in [-0.1, -0.05) is 23.2 Å². The van der Waals surface area contributed by atoms with Crippen LogP contribution in [0.1, 0.15) is 18.4 Å². The molecule has 0 amide bonds. The monoisotopic (exact) mass is 272 g/mol. The van der Waals surface area contributed by atoms with Gasteiger partial charge in [-0.15, -0.1) is 0 Å². The van der Waals surface area contributed by atoms with Crippen molar-refractivity contribution >= 4 is 34.7 Å². The number of ketones is 1. The lowest BCUT2D eigenvalue weighted by Gasteiger charge is -2.09. The van der Waals surface area contributed by atoms with Crippen molar-refractivity contribution in [2.75, 3.05) is 0 Å². The number of hydrogen-bond donors (Lipinski definition) is 0. The summed E-state index contributed by atoms with van der Waals surface area (Å²) in [4.78, 5) is 21.1. The zero-order valence-corrected chi connectivity index (χ0v) is 10.1. The van der Waals surface area contributed by atoms with Gasteiger partial charge < -0.3 is 0 Å².